The number of carbonyl (C=O) groups excluding carboxylic acids is 1. The van der Waals surface area contributed by atoms with Gasteiger partial charge in [0.25, 0.3) is 0 Å². The van der Waals surface area contributed by atoms with Crippen molar-refractivity contribution in [2.45, 2.75) is 56.4 Å². The maximum atomic E-state index is 13.4. The Morgan fingerprint density at radius 1 is 1.32 bits per heavy atom. The van der Waals surface area contributed by atoms with Crippen molar-refractivity contribution in [2.75, 3.05) is 38.1 Å². The van der Waals surface area contributed by atoms with Crippen LogP contribution in [-0.2, 0) is 21.2 Å². The van der Waals surface area contributed by atoms with E-state index in [0.29, 0.717) is 50.1 Å². The Morgan fingerprint density at radius 2 is 2.06 bits per heavy atom. The molecule has 1 fully saturated rings. The third kappa shape index (κ3) is 6.83. The number of fused-ring (bicyclic) bond motifs is 1. The zero-order valence-electron chi connectivity index (χ0n) is 19.9. The molecule has 2 aliphatic heterocycles. The smallest absolute Gasteiger partial charge is 0.243 e. The quantitative estimate of drug-likeness (QED) is 0.181. The Morgan fingerprint density at radius 3 is 2.74 bits per heavy atom. The van der Waals surface area contributed by atoms with Gasteiger partial charge in [0.05, 0.1) is 5.69 Å². The predicted octanol–water partition coefficient (Wildman–Crippen LogP) is 0.612. The molecule has 3 rings (SSSR count). The van der Waals surface area contributed by atoms with E-state index in [-0.39, 0.29) is 29.8 Å². The molecule has 0 radical (unpaired) electrons. The van der Waals surface area contributed by atoms with Crippen LogP contribution in [0.2, 0.25) is 0 Å². The van der Waals surface area contributed by atoms with Crippen LogP contribution < -0.4 is 21.5 Å². The van der Waals surface area contributed by atoms with Gasteiger partial charge < -0.3 is 26.8 Å². The van der Waals surface area contributed by atoms with E-state index in [9.17, 15) is 18.3 Å². The number of rotatable bonds is 10. The van der Waals surface area contributed by atoms with E-state index in [2.05, 4.69) is 22.0 Å². The van der Waals surface area contributed by atoms with Gasteiger partial charge in [0.1, 0.15) is 10.9 Å². The van der Waals surface area contributed by atoms with Gasteiger partial charge in [0.2, 0.25) is 15.9 Å². The van der Waals surface area contributed by atoms with E-state index in [0.717, 1.165) is 31.2 Å². The number of benzene rings is 1. The van der Waals surface area contributed by atoms with Crippen LogP contribution >= 0.6 is 0 Å². The van der Waals surface area contributed by atoms with Gasteiger partial charge in [-0.2, -0.15) is 4.72 Å². The lowest BCUT2D eigenvalue weighted by molar-refractivity contribution is -0.134. The summed E-state index contributed by atoms with van der Waals surface area (Å²) in [5.41, 5.74) is 12.4. The van der Waals surface area contributed by atoms with Gasteiger partial charge in [0, 0.05) is 32.8 Å². The van der Waals surface area contributed by atoms with Crippen LogP contribution in [0.5, 0.6) is 0 Å². The first kappa shape index (κ1) is 26.2. The molecule has 0 saturated carbocycles. The molecule has 2 aliphatic rings. The number of hydrogen-bond donors (Lipinski definition) is 5. The summed E-state index contributed by atoms with van der Waals surface area (Å²) in [6, 6.07) is 4.35. The van der Waals surface area contributed by atoms with E-state index in [1.165, 1.54) is 0 Å². The van der Waals surface area contributed by atoms with Gasteiger partial charge in [0.15, 0.2) is 5.96 Å². The zero-order valence-corrected chi connectivity index (χ0v) is 20.7. The molecule has 0 aliphatic carbocycles. The van der Waals surface area contributed by atoms with Gasteiger partial charge in [-0.05, 0) is 62.0 Å². The SMILES string of the molecule is C[C@H]1CNc2c(cccc2S(=O)(=O)N[C@@H](CCCN=C(N)N)C(=O)N2CCC(CCO)CC2)C1. The molecule has 1 amide bonds. The number of anilines is 1. The number of guanidine groups is 1. The number of aliphatic hydroxyl groups excluding tert-OH is 1. The lowest BCUT2D eigenvalue weighted by atomic mass is 9.93. The van der Waals surface area contributed by atoms with Crippen molar-refractivity contribution >= 4 is 27.6 Å². The van der Waals surface area contributed by atoms with Crippen molar-refractivity contribution < 1.29 is 18.3 Å². The summed E-state index contributed by atoms with van der Waals surface area (Å²) in [6.45, 7) is 4.37. The third-order valence-corrected chi connectivity index (χ3v) is 8.12. The number of amides is 1. The van der Waals surface area contributed by atoms with Crippen molar-refractivity contribution in [3.05, 3.63) is 23.8 Å². The highest BCUT2D eigenvalue weighted by atomic mass is 32.2. The van der Waals surface area contributed by atoms with Crippen LogP contribution in [-0.4, -0.2) is 69.1 Å². The normalized spacial score (nSPS) is 19.7. The topological polar surface area (TPSA) is 163 Å². The largest absolute Gasteiger partial charge is 0.396 e. The second kappa shape index (κ2) is 11.9. The molecule has 0 bridgehead atoms. The zero-order chi connectivity index (χ0) is 24.7. The molecule has 7 N–H and O–H groups in total. The number of likely N-dealkylation sites (tertiary alicyclic amines) is 1. The first-order valence-corrected chi connectivity index (χ1v) is 13.5. The molecule has 0 unspecified atom stereocenters. The minimum absolute atomic E-state index is 0.0365. The van der Waals surface area contributed by atoms with E-state index >= 15 is 0 Å². The highest BCUT2D eigenvalue weighted by Crippen LogP contribution is 2.31. The number of aliphatic imine (C=N–C) groups is 1. The summed E-state index contributed by atoms with van der Waals surface area (Å²) in [5.74, 6) is 0.528. The van der Waals surface area contributed by atoms with E-state index in [1.54, 1.807) is 17.0 Å². The van der Waals surface area contributed by atoms with Crippen molar-refractivity contribution in [2.24, 2.45) is 28.3 Å². The number of piperidine rings is 1. The fraction of sp³-hybridized carbons (Fsp3) is 0.652. The number of aliphatic hydroxyl groups is 1. The molecule has 34 heavy (non-hydrogen) atoms. The van der Waals surface area contributed by atoms with Gasteiger partial charge in [-0.15, -0.1) is 0 Å². The Hall–Kier alpha value is -2.37. The highest BCUT2D eigenvalue weighted by Gasteiger charge is 2.33. The molecular weight excluding hydrogens is 456 g/mol. The third-order valence-electron chi connectivity index (χ3n) is 6.60. The summed E-state index contributed by atoms with van der Waals surface area (Å²) in [5, 5.41) is 12.4. The van der Waals surface area contributed by atoms with Crippen molar-refractivity contribution in [1.82, 2.24) is 9.62 Å². The lowest BCUT2D eigenvalue weighted by Gasteiger charge is -2.34. The molecule has 0 spiro atoms. The van der Waals surface area contributed by atoms with Crippen LogP contribution in [0.4, 0.5) is 5.69 Å². The van der Waals surface area contributed by atoms with Crippen LogP contribution in [0, 0.1) is 11.8 Å². The lowest BCUT2D eigenvalue weighted by Crippen LogP contribution is -2.50. The Bertz CT molecular complexity index is 972. The first-order valence-electron chi connectivity index (χ1n) is 12.0. The van der Waals surface area contributed by atoms with Crippen molar-refractivity contribution in [3.63, 3.8) is 0 Å². The average molecular weight is 495 g/mol. The summed E-state index contributed by atoms with van der Waals surface area (Å²) >= 11 is 0. The number of carbonyl (C=O) groups is 1. The number of nitrogens with zero attached hydrogens (tertiary/aromatic N) is 2. The Kier molecular flexibility index (Phi) is 9.15. The van der Waals surface area contributed by atoms with E-state index in [1.807, 2.05) is 6.07 Å². The summed E-state index contributed by atoms with van der Waals surface area (Å²) in [7, 11) is -3.95. The maximum absolute atomic E-state index is 13.4. The molecule has 190 valence electrons. The van der Waals surface area contributed by atoms with Crippen LogP contribution in [0.3, 0.4) is 0 Å². The Balaban J connectivity index is 1.77. The molecule has 1 saturated heterocycles. The van der Waals surface area contributed by atoms with Gasteiger partial charge in [-0.25, -0.2) is 8.42 Å². The van der Waals surface area contributed by atoms with E-state index in [4.69, 9.17) is 11.5 Å². The number of nitrogens with two attached hydrogens (primary N) is 2. The molecule has 2 heterocycles. The molecular formula is C23H38N6O4S. The molecule has 11 heteroatoms. The van der Waals surface area contributed by atoms with Gasteiger partial charge in [-0.1, -0.05) is 19.1 Å². The second-order valence-electron chi connectivity index (χ2n) is 9.38. The summed E-state index contributed by atoms with van der Waals surface area (Å²) < 4.78 is 29.6. The highest BCUT2D eigenvalue weighted by molar-refractivity contribution is 7.89. The van der Waals surface area contributed by atoms with Gasteiger partial charge >= 0.3 is 0 Å². The standard InChI is InChI=1S/C23H38N6O4S/c1-16-14-18-4-2-6-20(21(18)27-15-16)34(32,33)28-19(5-3-10-26-23(24)25)22(31)29-11-7-17(8-12-29)9-13-30/h2,4,6,16-17,19,27-28,30H,3,5,7-15H2,1H3,(H4,24,25,26)/t16-,19+/m1/s1. The molecule has 1 aromatic carbocycles. The minimum atomic E-state index is -3.95. The van der Waals surface area contributed by atoms with E-state index < -0.39 is 16.1 Å². The Labute approximate surface area is 202 Å². The fourth-order valence-corrected chi connectivity index (χ4v) is 6.18. The summed E-state index contributed by atoms with van der Waals surface area (Å²) in [6.07, 6.45) is 3.87. The first-order chi connectivity index (χ1) is 16.2. The number of para-hydroxylation sites is 1. The molecule has 1 aromatic rings. The summed E-state index contributed by atoms with van der Waals surface area (Å²) in [4.78, 5) is 19.2. The van der Waals surface area contributed by atoms with Crippen LogP contribution in [0.15, 0.2) is 28.1 Å². The second-order valence-corrected chi connectivity index (χ2v) is 11.1. The van der Waals surface area contributed by atoms with Crippen molar-refractivity contribution in [1.29, 1.82) is 0 Å². The van der Waals surface area contributed by atoms with Crippen LogP contribution in [0.25, 0.3) is 0 Å². The number of sulfonamides is 1. The predicted molar refractivity (Wildman–Crippen MR) is 133 cm³/mol. The molecule has 0 aromatic heterocycles. The monoisotopic (exact) mass is 494 g/mol. The van der Waals surface area contributed by atoms with Crippen LogP contribution in [0.1, 0.15) is 44.6 Å². The van der Waals surface area contributed by atoms with Crippen molar-refractivity contribution in [3.8, 4) is 0 Å². The maximum Gasteiger partial charge on any atom is 0.243 e. The molecule has 10 nitrogen and oxygen atoms in total. The van der Waals surface area contributed by atoms with Gasteiger partial charge in [-0.3, -0.25) is 9.79 Å². The number of hydrogen-bond acceptors (Lipinski definition) is 6. The fourth-order valence-electron chi connectivity index (χ4n) is 4.73. The average Bonchev–Trinajstić information content (AvgIpc) is 2.80. The number of nitrogens with one attached hydrogen (secondary N) is 2. The molecule has 2 atom stereocenters. The minimum Gasteiger partial charge on any atom is -0.396 e.